The third-order valence-electron chi connectivity index (χ3n) is 3.24. The van der Waals surface area contributed by atoms with Gasteiger partial charge in [-0.1, -0.05) is 6.42 Å². The van der Waals surface area contributed by atoms with Gasteiger partial charge in [0.1, 0.15) is 0 Å². The molecule has 3 atom stereocenters. The lowest BCUT2D eigenvalue weighted by molar-refractivity contribution is -0.121. The van der Waals surface area contributed by atoms with Gasteiger partial charge < -0.3 is 10.6 Å². The van der Waals surface area contributed by atoms with Crippen LogP contribution in [0.4, 0.5) is 4.79 Å². The van der Waals surface area contributed by atoms with Crippen molar-refractivity contribution in [3.05, 3.63) is 0 Å². The van der Waals surface area contributed by atoms with E-state index in [9.17, 15) is 9.59 Å². The molecule has 0 aromatic carbocycles. The maximum absolute atomic E-state index is 11.2. The van der Waals surface area contributed by atoms with Gasteiger partial charge >= 0.3 is 6.03 Å². The molecule has 0 aliphatic carbocycles. The molecule has 17 heavy (non-hydrogen) atoms. The molecule has 0 aromatic heterocycles. The summed E-state index contributed by atoms with van der Waals surface area (Å²) in [6.45, 7) is 0. The quantitative estimate of drug-likeness (QED) is 0.179. The van der Waals surface area contributed by atoms with Gasteiger partial charge in [-0.25, -0.2) is 10.6 Å². The molecule has 5 N–H and O–H groups in total. The molecule has 6 nitrogen and oxygen atoms in total. The normalized spacial score (nSPS) is 30.6. The first kappa shape index (κ1) is 12.5. The van der Waals surface area contributed by atoms with Gasteiger partial charge in [0.15, 0.2) is 0 Å². The molecule has 0 spiro atoms. The fraction of sp³-hybridized carbons (Fsp3) is 0.800. The number of nitrogens with two attached hydrogens (primary N) is 1. The van der Waals surface area contributed by atoms with Crippen LogP contribution in [0.25, 0.3) is 0 Å². The summed E-state index contributed by atoms with van der Waals surface area (Å²) >= 11 is 1.90. The molecule has 0 aromatic rings. The van der Waals surface area contributed by atoms with E-state index in [2.05, 4.69) is 16.1 Å². The highest BCUT2D eigenvalue weighted by molar-refractivity contribution is 8.00. The minimum atomic E-state index is -0.113. The molecule has 3 amide bonds. The number of amides is 3. The summed E-state index contributed by atoms with van der Waals surface area (Å²) in [5.41, 5.74) is 2.13. The van der Waals surface area contributed by atoms with Crippen molar-refractivity contribution in [2.75, 3.05) is 5.75 Å². The molecule has 0 bridgehead atoms. The number of nitrogens with one attached hydrogen (secondary N) is 3. The zero-order valence-electron chi connectivity index (χ0n) is 9.57. The summed E-state index contributed by atoms with van der Waals surface area (Å²) in [6.07, 6.45) is 3.35. The summed E-state index contributed by atoms with van der Waals surface area (Å²) in [6, 6.07) is 0.494. The topological polar surface area (TPSA) is 96.2 Å². The second-order valence-electron chi connectivity index (χ2n) is 4.44. The van der Waals surface area contributed by atoms with Crippen LogP contribution in [0.1, 0.15) is 25.7 Å². The Morgan fingerprint density at radius 2 is 2.29 bits per heavy atom. The minimum Gasteiger partial charge on any atom is -0.332 e. The number of carbonyl (C=O) groups is 2. The summed E-state index contributed by atoms with van der Waals surface area (Å²) in [5, 5.41) is 6.34. The molecule has 2 saturated heterocycles. The number of rotatable bonds is 5. The number of hydrogen-bond donors (Lipinski definition) is 4. The predicted molar refractivity (Wildman–Crippen MR) is 66.3 cm³/mol. The van der Waals surface area contributed by atoms with Crippen LogP contribution in [-0.4, -0.2) is 35.0 Å². The highest BCUT2D eigenvalue weighted by Crippen LogP contribution is 2.33. The standard InChI is InChI=1S/C10H18N4O2S/c11-14-8(15)4-2-1-3-7-9-6(5-17-7)12-10(16)13-9/h6-7,9H,1-5,11H2,(H,14,15)(H2,12,13,16)/t6-,7?,9-/m0/s1. The molecule has 0 saturated carbocycles. The Balaban J connectivity index is 1.66. The van der Waals surface area contributed by atoms with Gasteiger partial charge in [-0.2, -0.15) is 11.8 Å². The van der Waals surface area contributed by atoms with Crippen molar-refractivity contribution in [1.29, 1.82) is 0 Å². The van der Waals surface area contributed by atoms with E-state index in [4.69, 9.17) is 5.84 Å². The zero-order valence-corrected chi connectivity index (χ0v) is 10.4. The van der Waals surface area contributed by atoms with Crippen molar-refractivity contribution in [3.63, 3.8) is 0 Å². The second-order valence-corrected chi connectivity index (χ2v) is 5.71. The van der Waals surface area contributed by atoms with Crippen molar-refractivity contribution in [2.45, 2.75) is 43.0 Å². The fourth-order valence-corrected chi connectivity index (χ4v) is 3.89. The maximum atomic E-state index is 11.2. The molecular formula is C10H18N4O2S. The Labute approximate surface area is 104 Å². The highest BCUT2D eigenvalue weighted by atomic mass is 32.2. The van der Waals surface area contributed by atoms with Crippen LogP contribution >= 0.6 is 11.8 Å². The highest BCUT2D eigenvalue weighted by Gasteiger charge is 2.42. The zero-order chi connectivity index (χ0) is 12.3. The lowest BCUT2D eigenvalue weighted by Gasteiger charge is -2.16. The Morgan fingerprint density at radius 1 is 1.47 bits per heavy atom. The van der Waals surface area contributed by atoms with Crippen LogP contribution in [0.3, 0.4) is 0 Å². The third-order valence-corrected chi connectivity index (χ3v) is 4.75. The van der Waals surface area contributed by atoms with Gasteiger partial charge in [0, 0.05) is 17.4 Å². The van der Waals surface area contributed by atoms with Gasteiger partial charge in [0.2, 0.25) is 5.91 Å². The number of hydrazine groups is 1. The van der Waals surface area contributed by atoms with E-state index in [1.807, 2.05) is 11.8 Å². The molecule has 0 radical (unpaired) electrons. The maximum Gasteiger partial charge on any atom is 0.315 e. The Morgan fingerprint density at radius 3 is 3.06 bits per heavy atom. The molecule has 1 unspecified atom stereocenters. The first-order valence-electron chi connectivity index (χ1n) is 5.89. The predicted octanol–water partition coefficient (Wildman–Crippen LogP) is -0.298. The van der Waals surface area contributed by atoms with Crippen LogP contribution in [0.15, 0.2) is 0 Å². The van der Waals surface area contributed by atoms with E-state index >= 15 is 0 Å². The molecular weight excluding hydrogens is 240 g/mol. The van der Waals surface area contributed by atoms with E-state index in [-0.39, 0.29) is 24.0 Å². The summed E-state index contributed by atoms with van der Waals surface area (Å²) in [4.78, 5) is 22.1. The Bertz CT molecular complexity index is 313. The van der Waals surface area contributed by atoms with Crippen molar-refractivity contribution in [3.8, 4) is 0 Å². The van der Waals surface area contributed by atoms with Crippen LogP contribution in [0, 0.1) is 0 Å². The molecule has 96 valence electrons. The molecule has 2 rings (SSSR count). The van der Waals surface area contributed by atoms with Gasteiger partial charge in [-0.3, -0.25) is 10.2 Å². The minimum absolute atomic E-state index is 0.0483. The fourth-order valence-electron chi connectivity index (χ4n) is 2.35. The van der Waals surface area contributed by atoms with E-state index < -0.39 is 0 Å². The summed E-state index contributed by atoms with van der Waals surface area (Å²) in [5.74, 6) is 5.87. The lowest BCUT2D eigenvalue weighted by atomic mass is 10.0. The van der Waals surface area contributed by atoms with Crippen LogP contribution in [0.2, 0.25) is 0 Å². The molecule has 2 aliphatic heterocycles. The third kappa shape index (κ3) is 3.04. The average Bonchev–Trinajstić information content (AvgIpc) is 2.84. The average molecular weight is 258 g/mol. The van der Waals surface area contributed by atoms with E-state index in [0.29, 0.717) is 11.7 Å². The van der Waals surface area contributed by atoms with Crippen molar-refractivity contribution < 1.29 is 9.59 Å². The Kier molecular flexibility index (Phi) is 4.11. The first-order chi connectivity index (χ1) is 8.20. The smallest absolute Gasteiger partial charge is 0.315 e. The molecule has 2 fully saturated rings. The van der Waals surface area contributed by atoms with Crippen molar-refractivity contribution in [2.24, 2.45) is 5.84 Å². The summed E-state index contributed by atoms with van der Waals surface area (Å²) < 4.78 is 0. The number of thioether (sulfide) groups is 1. The number of hydrogen-bond acceptors (Lipinski definition) is 4. The van der Waals surface area contributed by atoms with Crippen molar-refractivity contribution >= 4 is 23.7 Å². The van der Waals surface area contributed by atoms with Gasteiger partial charge in [-0.05, 0) is 12.8 Å². The molecule has 2 heterocycles. The van der Waals surface area contributed by atoms with E-state index in [1.54, 1.807) is 0 Å². The second kappa shape index (κ2) is 5.59. The van der Waals surface area contributed by atoms with Gasteiger partial charge in [-0.15, -0.1) is 0 Å². The van der Waals surface area contributed by atoms with E-state index in [0.717, 1.165) is 25.0 Å². The number of fused-ring (bicyclic) bond motifs is 1. The number of urea groups is 1. The number of carbonyl (C=O) groups excluding carboxylic acids is 2. The molecule has 2 aliphatic rings. The van der Waals surface area contributed by atoms with Crippen LogP contribution in [-0.2, 0) is 4.79 Å². The van der Waals surface area contributed by atoms with Crippen LogP contribution < -0.4 is 21.9 Å². The van der Waals surface area contributed by atoms with Gasteiger partial charge in [0.05, 0.1) is 12.1 Å². The summed E-state index contributed by atoms with van der Waals surface area (Å²) in [7, 11) is 0. The van der Waals surface area contributed by atoms with E-state index in [1.165, 1.54) is 0 Å². The molecule has 7 heteroatoms. The van der Waals surface area contributed by atoms with Crippen molar-refractivity contribution in [1.82, 2.24) is 16.1 Å². The first-order valence-corrected chi connectivity index (χ1v) is 6.93. The van der Waals surface area contributed by atoms with Crippen LogP contribution in [0.5, 0.6) is 0 Å². The number of unbranched alkanes of at least 4 members (excludes halogenated alkanes) is 1. The largest absolute Gasteiger partial charge is 0.332 e. The lowest BCUT2D eigenvalue weighted by Crippen LogP contribution is -2.36. The SMILES string of the molecule is NNC(=O)CCCCC1SC[C@@H]2NC(=O)N[C@H]12. The monoisotopic (exact) mass is 258 g/mol. The Hall–Kier alpha value is -0.950. The van der Waals surface area contributed by atoms with Gasteiger partial charge in [0.25, 0.3) is 0 Å².